The maximum Gasteiger partial charge on any atom is 0.178 e. The molecule has 0 aliphatic rings. The number of hydrogen-bond acceptors (Lipinski definition) is 5. The van der Waals surface area contributed by atoms with Gasteiger partial charge in [-0.15, -0.1) is 0 Å². The third-order valence-electron chi connectivity index (χ3n) is 4.94. The lowest BCUT2D eigenvalue weighted by Crippen LogP contribution is -2.07. The van der Waals surface area contributed by atoms with Gasteiger partial charge in [-0.05, 0) is 63.6 Å². The van der Waals surface area contributed by atoms with E-state index in [0.717, 1.165) is 39.3 Å². The first-order valence-electron chi connectivity index (χ1n) is 11.0. The summed E-state index contributed by atoms with van der Waals surface area (Å²) in [5, 5.41) is 0. The minimum absolute atomic E-state index is 0.0289. The Hall–Kier alpha value is -3.93. The maximum atomic E-state index is 6.06. The molecule has 0 fully saturated rings. The van der Waals surface area contributed by atoms with Crippen LogP contribution in [0.4, 0.5) is 0 Å². The lowest BCUT2D eigenvalue weighted by molar-refractivity contribution is 0.243. The van der Waals surface area contributed by atoms with Gasteiger partial charge in [-0.3, -0.25) is 4.98 Å². The second-order valence-electron chi connectivity index (χ2n) is 8.07. The molecular weight excluding hydrogens is 412 g/mol. The van der Waals surface area contributed by atoms with Crippen LogP contribution in [0, 0.1) is 0 Å². The van der Waals surface area contributed by atoms with Crippen molar-refractivity contribution in [2.45, 2.75) is 33.8 Å². The van der Waals surface area contributed by atoms with E-state index in [1.165, 1.54) is 0 Å². The van der Waals surface area contributed by atoms with E-state index in [1.54, 1.807) is 6.20 Å². The first-order valence-corrected chi connectivity index (χ1v) is 11.0. The van der Waals surface area contributed by atoms with Gasteiger partial charge in [0.1, 0.15) is 23.9 Å². The Morgan fingerprint density at radius 1 is 1.12 bits per heavy atom. The molecular formula is C27H28N4O2. The van der Waals surface area contributed by atoms with Crippen molar-refractivity contribution in [1.29, 1.82) is 0 Å². The summed E-state index contributed by atoms with van der Waals surface area (Å²) in [5.74, 6) is 2.17. The number of pyridine rings is 2. The highest BCUT2D eigenvalue weighted by Crippen LogP contribution is 2.34. The zero-order valence-electron chi connectivity index (χ0n) is 19.4. The van der Waals surface area contributed by atoms with Crippen LogP contribution < -0.4 is 9.47 Å². The summed E-state index contributed by atoms with van der Waals surface area (Å²) in [7, 11) is 0. The van der Waals surface area contributed by atoms with E-state index in [4.69, 9.17) is 14.5 Å². The van der Waals surface area contributed by atoms with Gasteiger partial charge >= 0.3 is 0 Å². The predicted octanol–water partition coefficient (Wildman–Crippen LogP) is 6.38. The van der Waals surface area contributed by atoms with E-state index in [-0.39, 0.29) is 6.10 Å². The summed E-state index contributed by atoms with van der Waals surface area (Å²) in [6.45, 7) is 8.55. The van der Waals surface area contributed by atoms with Gasteiger partial charge in [-0.1, -0.05) is 24.3 Å². The van der Waals surface area contributed by atoms with Crippen LogP contribution in [-0.2, 0) is 0 Å². The quantitative estimate of drug-likeness (QED) is 0.322. The van der Waals surface area contributed by atoms with Crippen LogP contribution in [0.1, 0.15) is 27.7 Å². The van der Waals surface area contributed by atoms with E-state index < -0.39 is 0 Å². The molecule has 3 aromatic heterocycles. The molecule has 1 aromatic carbocycles. The van der Waals surface area contributed by atoms with Gasteiger partial charge in [0.2, 0.25) is 0 Å². The summed E-state index contributed by atoms with van der Waals surface area (Å²) >= 11 is 0. The fraction of sp³-hybridized carbons (Fsp3) is 0.222. The van der Waals surface area contributed by atoms with E-state index >= 15 is 0 Å². The lowest BCUT2D eigenvalue weighted by atomic mass is 10.1. The lowest BCUT2D eigenvalue weighted by Gasteiger charge is -2.15. The van der Waals surface area contributed by atoms with Gasteiger partial charge in [-0.2, -0.15) is 0 Å². The molecule has 6 nitrogen and oxygen atoms in total. The van der Waals surface area contributed by atoms with Gasteiger partial charge in [-0.25, -0.2) is 9.97 Å². The van der Waals surface area contributed by atoms with E-state index in [9.17, 15) is 0 Å². The van der Waals surface area contributed by atoms with Crippen molar-refractivity contribution in [2.24, 2.45) is 0 Å². The average Bonchev–Trinajstić information content (AvgIpc) is 3.25. The van der Waals surface area contributed by atoms with Crippen molar-refractivity contribution in [3.63, 3.8) is 0 Å². The highest BCUT2D eigenvalue weighted by atomic mass is 16.5. The summed E-state index contributed by atoms with van der Waals surface area (Å²) in [4.78, 5) is 16.9. The molecule has 3 heterocycles. The largest absolute Gasteiger partial charge is 0.490 e. The number of aromatic nitrogens is 4. The van der Waals surface area contributed by atoms with Crippen LogP contribution >= 0.6 is 0 Å². The fourth-order valence-electron chi connectivity index (χ4n) is 3.37. The fourth-order valence-corrected chi connectivity index (χ4v) is 3.37. The van der Waals surface area contributed by atoms with E-state index in [0.29, 0.717) is 18.1 Å². The molecule has 0 amide bonds. The van der Waals surface area contributed by atoms with Crippen molar-refractivity contribution in [3.8, 4) is 34.0 Å². The number of rotatable bonds is 8. The number of benzene rings is 1. The number of H-pyrrole nitrogens is 1. The minimum atomic E-state index is 0.0289. The number of imidazole rings is 1. The highest BCUT2D eigenvalue weighted by molar-refractivity contribution is 5.82. The van der Waals surface area contributed by atoms with Gasteiger partial charge in [0.15, 0.2) is 5.65 Å². The predicted molar refractivity (Wildman–Crippen MR) is 132 cm³/mol. The topological polar surface area (TPSA) is 72.9 Å². The molecule has 0 radical (unpaired) electrons. The van der Waals surface area contributed by atoms with E-state index in [2.05, 4.69) is 15.0 Å². The molecule has 4 aromatic rings. The third kappa shape index (κ3) is 5.47. The molecule has 0 spiro atoms. The molecule has 0 atom stereocenters. The van der Waals surface area contributed by atoms with Crippen LogP contribution in [0.15, 0.2) is 78.8 Å². The molecule has 0 unspecified atom stereocenters. The number of allylic oxidation sites excluding steroid dienone is 3. The molecule has 1 N–H and O–H groups in total. The average molecular weight is 441 g/mol. The Morgan fingerprint density at radius 2 is 2.00 bits per heavy atom. The summed E-state index contributed by atoms with van der Waals surface area (Å²) in [6.07, 6.45) is 11.5. The van der Waals surface area contributed by atoms with Crippen LogP contribution in [0.3, 0.4) is 0 Å². The van der Waals surface area contributed by atoms with Crippen LogP contribution in [0.25, 0.3) is 33.7 Å². The Bertz CT molecular complexity index is 1290. The standard InChI is InChI=1S/C27H28N4O2/c1-5-6-8-19(4)17-32-22-10-11-25(33-18(2)3)23(14-22)26-30-24-13-21(16-29-27(24)31-26)20-9-7-12-28-15-20/h5-16,18H,17H2,1-4H3,(H,29,30,31)/b6-5-,19-8+. The molecule has 0 aliphatic heterocycles. The smallest absolute Gasteiger partial charge is 0.178 e. The van der Waals surface area contributed by atoms with Crippen molar-refractivity contribution in [3.05, 3.63) is 78.8 Å². The summed E-state index contributed by atoms with van der Waals surface area (Å²) in [6, 6.07) is 11.8. The monoisotopic (exact) mass is 440 g/mol. The molecule has 0 bridgehead atoms. The van der Waals surface area contributed by atoms with E-state index in [1.807, 2.05) is 94.7 Å². The van der Waals surface area contributed by atoms with Crippen molar-refractivity contribution >= 4 is 11.2 Å². The second kappa shape index (κ2) is 10.1. The van der Waals surface area contributed by atoms with Crippen molar-refractivity contribution < 1.29 is 9.47 Å². The molecule has 0 saturated carbocycles. The van der Waals surface area contributed by atoms with Gasteiger partial charge in [0, 0.05) is 29.7 Å². The van der Waals surface area contributed by atoms with Crippen molar-refractivity contribution in [1.82, 2.24) is 19.9 Å². The van der Waals surface area contributed by atoms with Gasteiger partial charge < -0.3 is 14.5 Å². The number of nitrogens with one attached hydrogen (secondary N) is 1. The molecule has 168 valence electrons. The molecule has 0 aliphatic carbocycles. The zero-order chi connectivity index (χ0) is 23.2. The number of nitrogens with zero attached hydrogens (tertiary/aromatic N) is 3. The first kappa shape index (κ1) is 22.3. The molecule has 33 heavy (non-hydrogen) atoms. The normalized spacial score (nSPS) is 12.1. The minimum Gasteiger partial charge on any atom is -0.490 e. The van der Waals surface area contributed by atoms with Gasteiger partial charge in [0.25, 0.3) is 0 Å². The number of aromatic amines is 1. The Morgan fingerprint density at radius 3 is 2.76 bits per heavy atom. The Kier molecular flexibility index (Phi) is 6.83. The zero-order valence-corrected chi connectivity index (χ0v) is 19.4. The van der Waals surface area contributed by atoms with Crippen molar-refractivity contribution in [2.75, 3.05) is 6.61 Å². The first-order chi connectivity index (χ1) is 16.0. The summed E-state index contributed by atoms with van der Waals surface area (Å²) < 4.78 is 12.1. The SMILES string of the molecule is C/C=C\C=C(/C)COc1ccc(OC(C)C)c(-c2nc3ncc(-c4cccnc4)cc3[nH]2)c1. The van der Waals surface area contributed by atoms with Crippen LogP contribution in [0.5, 0.6) is 11.5 Å². The Balaban J connectivity index is 1.69. The molecule has 4 rings (SSSR count). The summed E-state index contributed by atoms with van der Waals surface area (Å²) in [5.41, 5.74) is 5.43. The van der Waals surface area contributed by atoms with Gasteiger partial charge in [0.05, 0.1) is 17.2 Å². The van der Waals surface area contributed by atoms with Crippen LogP contribution in [-0.4, -0.2) is 32.6 Å². The van der Waals surface area contributed by atoms with Crippen LogP contribution in [0.2, 0.25) is 0 Å². The number of fused-ring (bicyclic) bond motifs is 1. The third-order valence-corrected chi connectivity index (χ3v) is 4.94. The second-order valence-corrected chi connectivity index (χ2v) is 8.07. The molecule has 6 heteroatoms. The number of ether oxygens (including phenoxy) is 2. The Labute approximate surface area is 194 Å². The number of hydrogen-bond donors (Lipinski definition) is 1. The maximum absolute atomic E-state index is 6.06. The molecule has 0 saturated heterocycles. The highest BCUT2D eigenvalue weighted by Gasteiger charge is 2.15.